The van der Waals surface area contributed by atoms with Crippen LogP contribution in [0.15, 0.2) is 16.8 Å². The maximum Gasteiger partial charge on any atom is 0.187 e. The fraction of sp³-hybridized carbons (Fsp3) is 0.571. The Morgan fingerprint density at radius 3 is 2.90 bits per heavy atom. The lowest BCUT2D eigenvalue weighted by molar-refractivity contribution is 0.188. The van der Waals surface area contributed by atoms with E-state index in [0.29, 0.717) is 0 Å². The second-order valence-electron chi connectivity index (χ2n) is 2.23. The maximum atomic E-state index is 5.33. The van der Waals surface area contributed by atoms with E-state index < -0.39 is 0 Å². The van der Waals surface area contributed by atoms with Gasteiger partial charge in [0.2, 0.25) is 0 Å². The first kappa shape index (κ1) is 7.28. The number of hydrogen-bond acceptors (Lipinski definition) is 3. The first-order valence-corrected chi connectivity index (χ1v) is 3.29. The Bertz CT molecular complexity index is 165. The molecule has 56 valence electrons. The Morgan fingerprint density at radius 2 is 2.50 bits per heavy atom. The molecule has 3 heteroatoms. The molecule has 0 aromatic carbocycles. The van der Waals surface area contributed by atoms with Crippen molar-refractivity contribution in [3.05, 3.63) is 11.8 Å². The molecule has 0 saturated carbocycles. The van der Waals surface area contributed by atoms with E-state index >= 15 is 0 Å². The van der Waals surface area contributed by atoms with Crippen molar-refractivity contribution in [1.82, 2.24) is 5.32 Å². The Morgan fingerprint density at radius 1 is 1.80 bits per heavy atom. The van der Waals surface area contributed by atoms with Gasteiger partial charge in [0.05, 0.1) is 5.76 Å². The van der Waals surface area contributed by atoms with E-state index in [0.717, 1.165) is 5.76 Å². The summed E-state index contributed by atoms with van der Waals surface area (Å²) in [5.74, 6) is 0.920. The van der Waals surface area contributed by atoms with Crippen LogP contribution in [-0.2, 0) is 4.74 Å². The molecule has 1 aliphatic heterocycles. The predicted molar refractivity (Wildman–Crippen MR) is 40.8 cm³/mol. The lowest BCUT2D eigenvalue weighted by Gasteiger charge is -2.00. The zero-order valence-corrected chi connectivity index (χ0v) is 6.29. The summed E-state index contributed by atoms with van der Waals surface area (Å²) in [5, 5.41) is 2.99. The largest absolute Gasteiger partial charge is 0.477 e. The molecule has 1 rings (SSSR count). The molecule has 1 fully saturated rings. The second kappa shape index (κ2) is 2.84. The van der Waals surface area contributed by atoms with Crippen LogP contribution in [0.5, 0.6) is 0 Å². The molecule has 10 heavy (non-hydrogen) atoms. The van der Waals surface area contributed by atoms with Crippen molar-refractivity contribution >= 4 is 6.72 Å². The topological polar surface area (TPSA) is 43.5 Å². The van der Waals surface area contributed by atoms with Crippen LogP contribution in [0.4, 0.5) is 0 Å². The van der Waals surface area contributed by atoms with E-state index in [1.807, 2.05) is 19.9 Å². The average molecular weight is 140 g/mol. The number of nitrogens with one attached hydrogen (secondary N) is 1. The Labute approximate surface area is 60.8 Å². The number of nitrogens with zero attached hydrogens (tertiary/aromatic N) is 1. The van der Waals surface area contributed by atoms with E-state index in [9.17, 15) is 0 Å². The smallest absolute Gasteiger partial charge is 0.187 e. The number of aliphatic imine (C=N–C) groups is 1. The minimum absolute atomic E-state index is 0.0636. The van der Waals surface area contributed by atoms with Gasteiger partial charge in [0.25, 0.3) is 0 Å². The molecule has 0 radical (unpaired) electrons. The maximum absolute atomic E-state index is 5.33. The summed E-state index contributed by atoms with van der Waals surface area (Å²) in [6.45, 7) is 7.25. The monoisotopic (exact) mass is 140 g/mol. The highest BCUT2D eigenvalue weighted by Crippen LogP contribution is 2.15. The fourth-order valence-electron chi connectivity index (χ4n) is 0.628. The van der Waals surface area contributed by atoms with Crippen molar-refractivity contribution in [1.29, 1.82) is 0 Å². The molecule has 0 aromatic rings. The molecule has 2 unspecified atom stereocenters. The van der Waals surface area contributed by atoms with Crippen molar-refractivity contribution < 1.29 is 4.74 Å². The quantitative estimate of drug-likeness (QED) is 0.359. The molecule has 0 amide bonds. The molecule has 1 N–H and O–H groups in total. The van der Waals surface area contributed by atoms with Crippen molar-refractivity contribution in [3.8, 4) is 0 Å². The third-order valence-corrected chi connectivity index (χ3v) is 1.43. The average Bonchev–Trinajstić information content (AvgIpc) is 2.67. The molecule has 1 aliphatic rings. The van der Waals surface area contributed by atoms with Crippen molar-refractivity contribution in [2.45, 2.75) is 26.2 Å². The summed E-state index contributed by atoms with van der Waals surface area (Å²) in [7, 11) is 0. The van der Waals surface area contributed by atoms with Crippen LogP contribution in [0.3, 0.4) is 0 Å². The Balaban J connectivity index is 2.23. The molecule has 0 aliphatic carbocycles. The van der Waals surface area contributed by atoms with Gasteiger partial charge in [0, 0.05) is 0 Å². The van der Waals surface area contributed by atoms with Crippen LogP contribution in [-0.4, -0.2) is 19.1 Å². The zero-order chi connectivity index (χ0) is 7.56. The number of allylic oxidation sites excluding steroid dienone is 2. The zero-order valence-electron chi connectivity index (χ0n) is 6.29. The predicted octanol–water partition coefficient (Wildman–Crippen LogP) is 0.883. The molecular formula is C7H12N2O. The Kier molecular flexibility index (Phi) is 2.06. The molecular weight excluding hydrogens is 128 g/mol. The number of rotatable bonds is 3. The summed E-state index contributed by atoms with van der Waals surface area (Å²) in [6, 6.07) is 0. The lowest BCUT2D eigenvalue weighted by atomic mass is 10.5. The SMILES string of the molecule is C=NC1NC1O/C(C)=C/C. The normalized spacial score (nSPS) is 31.6. The van der Waals surface area contributed by atoms with E-state index in [1.165, 1.54) is 0 Å². The van der Waals surface area contributed by atoms with Gasteiger partial charge in [-0.3, -0.25) is 10.3 Å². The summed E-state index contributed by atoms with van der Waals surface area (Å²) in [4.78, 5) is 3.76. The van der Waals surface area contributed by atoms with Gasteiger partial charge in [0.1, 0.15) is 0 Å². The third-order valence-electron chi connectivity index (χ3n) is 1.43. The highest BCUT2D eigenvalue weighted by Gasteiger charge is 2.37. The van der Waals surface area contributed by atoms with Crippen molar-refractivity contribution in [2.75, 3.05) is 0 Å². The van der Waals surface area contributed by atoms with Gasteiger partial charge in [-0.05, 0) is 26.6 Å². The summed E-state index contributed by atoms with van der Waals surface area (Å²) in [5.41, 5.74) is 0. The molecule has 0 aromatic heterocycles. The first-order valence-electron chi connectivity index (χ1n) is 3.29. The molecule has 1 saturated heterocycles. The first-order chi connectivity index (χ1) is 4.77. The van der Waals surface area contributed by atoms with Crippen LogP contribution >= 0.6 is 0 Å². The number of ether oxygens (including phenoxy) is 1. The van der Waals surface area contributed by atoms with Gasteiger partial charge < -0.3 is 4.74 Å². The molecule has 2 atom stereocenters. The van der Waals surface area contributed by atoms with Crippen molar-refractivity contribution in [3.63, 3.8) is 0 Å². The summed E-state index contributed by atoms with van der Waals surface area (Å²) >= 11 is 0. The van der Waals surface area contributed by atoms with Gasteiger partial charge in [-0.15, -0.1) is 0 Å². The van der Waals surface area contributed by atoms with Gasteiger partial charge in [-0.25, -0.2) is 0 Å². The van der Waals surface area contributed by atoms with Crippen LogP contribution in [0.2, 0.25) is 0 Å². The fourth-order valence-corrected chi connectivity index (χ4v) is 0.628. The highest BCUT2D eigenvalue weighted by molar-refractivity contribution is 5.25. The van der Waals surface area contributed by atoms with E-state index in [-0.39, 0.29) is 12.4 Å². The molecule has 0 bridgehead atoms. The van der Waals surface area contributed by atoms with Crippen LogP contribution < -0.4 is 5.32 Å². The lowest BCUT2D eigenvalue weighted by Crippen LogP contribution is -1.97. The molecule has 1 heterocycles. The van der Waals surface area contributed by atoms with Crippen LogP contribution in [0.1, 0.15) is 13.8 Å². The van der Waals surface area contributed by atoms with E-state index in [4.69, 9.17) is 4.74 Å². The van der Waals surface area contributed by atoms with Crippen molar-refractivity contribution in [2.24, 2.45) is 4.99 Å². The summed E-state index contributed by atoms with van der Waals surface area (Å²) < 4.78 is 5.33. The Hall–Kier alpha value is -0.830. The standard InChI is InChI=1S/C7H12N2O/c1-4-5(2)10-7-6(8-3)9-7/h4,6-7,9H,3H2,1-2H3/b5-4+. The minimum Gasteiger partial charge on any atom is -0.477 e. The van der Waals surface area contributed by atoms with Crippen LogP contribution in [0.25, 0.3) is 0 Å². The van der Waals surface area contributed by atoms with E-state index in [1.54, 1.807) is 0 Å². The number of hydrogen-bond donors (Lipinski definition) is 1. The van der Waals surface area contributed by atoms with Gasteiger partial charge >= 0.3 is 0 Å². The minimum atomic E-state index is 0.0636. The second-order valence-corrected chi connectivity index (χ2v) is 2.23. The van der Waals surface area contributed by atoms with Gasteiger partial charge in [-0.2, -0.15) is 0 Å². The summed E-state index contributed by atoms with van der Waals surface area (Å²) in [6.07, 6.45) is 2.09. The van der Waals surface area contributed by atoms with Gasteiger partial charge in [-0.1, -0.05) is 0 Å². The van der Waals surface area contributed by atoms with Crippen LogP contribution in [0, 0.1) is 0 Å². The third kappa shape index (κ3) is 1.57. The molecule has 3 nitrogen and oxygen atoms in total. The highest BCUT2D eigenvalue weighted by atomic mass is 16.5. The van der Waals surface area contributed by atoms with E-state index in [2.05, 4.69) is 17.0 Å². The molecule has 0 spiro atoms. The van der Waals surface area contributed by atoms with Gasteiger partial charge in [0.15, 0.2) is 12.4 Å².